The summed E-state index contributed by atoms with van der Waals surface area (Å²) in [5.74, 6) is -0.884. The topological polar surface area (TPSA) is 35.5 Å². The van der Waals surface area contributed by atoms with Gasteiger partial charge in [-0.2, -0.15) is 0 Å². The fourth-order valence-electron chi connectivity index (χ4n) is 10.3. The molecule has 0 amide bonds. The van der Waals surface area contributed by atoms with Crippen LogP contribution in [0.3, 0.4) is 0 Å². The van der Waals surface area contributed by atoms with Crippen LogP contribution in [0.25, 0.3) is 65.3 Å². The van der Waals surface area contributed by atoms with Gasteiger partial charge in [-0.25, -0.2) is 0 Å². The lowest BCUT2D eigenvalue weighted by molar-refractivity contribution is -0.218. The van der Waals surface area contributed by atoms with E-state index in [0.717, 1.165) is 51.6 Å². The molecule has 292 valence electrons. The molecule has 0 radical (unpaired) electrons. The standard InChI is InChI=1S/C54H58O3/c1-3-5-7-9-11-13-15-21-35-56-54(57-36-22-16-14-12-10-8-6-4-2)47-26-20-19-24-38(47)40-28-30-43-41-29-27-39-37-23-17-18-25-45(37)53(55)46-32-31-42(49(41)51(39)46)44-33-34-48(54)52(40)50(43)44/h17-20,23-34H,3-16,21-22,35-36H2,1-2H3. The van der Waals surface area contributed by atoms with Crippen molar-refractivity contribution >= 4 is 48.9 Å². The summed E-state index contributed by atoms with van der Waals surface area (Å²) in [4.78, 5) is 14.0. The average Bonchev–Trinajstić information content (AvgIpc) is 3.25. The maximum atomic E-state index is 14.0. The molecule has 3 heteroatoms. The number of unbranched alkanes of at least 4 members (excludes halogenated alkanes) is 14. The average molecular weight is 755 g/mol. The van der Waals surface area contributed by atoms with E-state index < -0.39 is 5.79 Å². The molecule has 7 aromatic carbocycles. The summed E-state index contributed by atoms with van der Waals surface area (Å²) in [5.41, 5.74) is 8.43. The molecule has 0 heterocycles. The van der Waals surface area contributed by atoms with E-state index in [1.165, 1.54) is 139 Å². The second-order valence-electron chi connectivity index (χ2n) is 16.8. The minimum atomic E-state index is -0.997. The third kappa shape index (κ3) is 6.65. The molecule has 0 aliphatic heterocycles. The normalized spacial score (nSPS) is 14.0. The van der Waals surface area contributed by atoms with Crippen molar-refractivity contribution < 1.29 is 14.3 Å². The van der Waals surface area contributed by atoms with Crippen LogP contribution < -0.4 is 0 Å². The summed E-state index contributed by atoms with van der Waals surface area (Å²) in [6.07, 6.45) is 20.1. The summed E-state index contributed by atoms with van der Waals surface area (Å²) in [6, 6.07) is 35.0. The molecule has 0 atom stereocenters. The lowest BCUT2D eigenvalue weighted by atomic mass is 9.75. The monoisotopic (exact) mass is 754 g/mol. The third-order valence-corrected chi connectivity index (χ3v) is 13.1. The zero-order valence-corrected chi connectivity index (χ0v) is 34.2. The molecule has 2 aliphatic carbocycles. The highest BCUT2D eigenvalue weighted by atomic mass is 16.7. The van der Waals surface area contributed by atoms with Crippen LogP contribution in [0.1, 0.15) is 144 Å². The quantitative estimate of drug-likeness (QED) is 0.0336. The molecule has 0 unspecified atom stereocenters. The highest BCUT2D eigenvalue weighted by molar-refractivity contribution is 6.39. The fraction of sp³-hybridized carbons (Fsp3) is 0.389. The van der Waals surface area contributed by atoms with E-state index in [4.69, 9.17) is 9.47 Å². The van der Waals surface area contributed by atoms with Crippen LogP contribution in [0.2, 0.25) is 0 Å². The van der Waals surface area contributed by atoms with E-state index in [1.807, 2.05) is 18.2 Å². The first-order chi connectivity index (χ1) is 28.2. The number of fused-ring (bicyclic) bond motifs is 6. The Morgan fingerprint density at radius 1 is 0.368 bits per heavy atom. The first-order valence-electron chi connectivity index (χ1n) is 22.4. The zero-order valence-electron chi connectivity index (χ0n) is 34.2. The first-order valence-corrected chi connectivity index (χ1v) is 22.4. The predicted molar refractivity (Wildman–Crippen MR) is 240 cm³/mol. The van der Waals surface area contributed by atoms with E-state index in [-0.39, 0.29) is 5.78 Å². The number of benzene rings is 7. The molecule has 3 nitrogen and oxygen atoms in total. The SMILES string of the molecule is CCCCCCCCCCOC1(OCCCCCCCCCC)c2ccccc2-c2ccc3c4ccc5c6c(ccc(c7ccc1c2c37)c64)C(=O)c1ccccc1-5. The maximum Gasteiger partial charge on any atom is 0.223 e. The van der Waals surface area contributed by atoms with Gasteiger partial charge in [0.05, 0.1) is 13.2 Å². The van der Waals surface area contributed by atoms with Gasteiger partial charge in [-0.15, -0.1) is 0 Å². The predicted octanol–water partition coefficient (Wildman–Crippen LogP) is 15.4. The number of ether oxygens (including phenoxy) is 2. The molecule has 0 bridgehead atoms. The lowest BCUT2D eigenvalue weighted by Crippen LogP contribution is -2.38. The molecule has 2 aliphatic rings. The second kappa shape index (κ2) is 16.7. The Labute approximate surface area is 339 Å². The van der Waals surface area contributed by atoms with E-state index in [0.29, 0.717) is 13.2 Å². The van der Waals surface area contributed by atoms with Crippen LogP contribution in [0.5, 0.6) is 0 Å². The Morgan fingerprint density at radius 3 is 1.39 bits per heavy atom. The smallest absolute Gasteiger partial charge is 0.223 e. The van der Waals surface area contributed by atoms with Crippen molar-refractivity contribution in [2.75, 3.05) is 13.2 Å². The molecule has 0 saturated heterocycles. The summed E-state index contributed by atoms with van der Waals surface area (Å²) in [6.45, 7) is 5.88. The van der Waals surface area contributed by atoms with Gasteiger partial charge >= 0.3 is 0 Å². The number of carbonyl (C=O) groups excluding carboxylic acids is 1. The summed E-state index contributed by atoms with van der Waals surface area (Å²) >= 11 is 0. The van der Waals surface area contributed by atoms with Gasteiger partial charge in [0, 0.05) is 27.6 Å². The summed E-state index contributed by atoms with van der Waals surface area (Å²) < 4.78 is 14.5. The molecule has 7 aromatic rings. The zero-order chi connectivity index (χ0) is 38.8. The number of hydrogen-bond acceptors (Lipinski definition) is 3. The van der Waals surface area contributed by atoms with Crippen LogP contribution in [-0.2, 0) is 15.3 Å². The van der Waals surface area contributed by atoms with Crippen LogP contribution in [0.15, 0.2) is 97.1 Å². The minimum Gasteiger partial charge on any atom is -0.342 e. The lowest BCUT2D eigenvalue weighted by Gasteiger charge is -2.40. The van der Waals surface area contributed by atoms with Gasteiger partial charge in [-0.1, -0.05) is 195 Å². The van der Waals surface area contributed by atoms with Crippen molar-refractivity contribution in [3.8, 4) is 22.3 Å². The molecule has 57 heavy (non-hydrogen) atoms. The molecule has 9 rings (SSSR count). The third-order valence-electron chi connectivity index (χ3n) is 13.1. The van der Waals surface area contributed by atoms with Gasteiger partial charge in [0.15, 0.2) is 5.78 Å². The Balaban J connectivity index is 1.14. The number of rotatable bonds is 20. The highest BCUT2D eigenvalue weighted by Crippen LogP contribution is 2.55. The first kappa shape index (κ1) is 38.0. The van der Waals surface area contributed by atoms with Crippen molar-refractivity contribution in [3.05, 3.63) is 119 Å². The van der Waals surface area contributed by atoms with Crippen LogP contribution in [0.4, 0.5) is 0 Å². The van der Waals surface area contributed by atoms with Crippen LogP contribution in [0, 0.1) is 0 Å². The van der Waals surface area contributed by atoms with Crippen molar-refractivity contribution in [2.45, 2.75) is 122 Å². The van der Waals surface area contributed by atoms with E-state index in [9.17, 15) is 4.79 Å². The Morgan fingerprint density at radius 2 is 0.807 bits per heavy atom. The van der Waals surface area contributed by atoms with Crippen LogP contribution >= 0.6 is 0 Å². The van der Waals surface area contributed by atoms with Gasteiger partial charge in [-0.05, 0) is 78.9 Å². The van der Waals surface area contributed by atoms with E-state index >= 15 is 0 Å². The molecule has 0 saturated carbocycles. The minimum absolute atomic E-state index is 0.113. The van der Waals surface area contributed by atoms with Gasteiger partial charge in [0.25, 0.3) is 0 Å². The second-order valence-corrected chi connectivity index (χ2v) is 16.8. The van der Waals surface area contributed by atoms with Crippen molar-refractivity contribution in [1.29, 1.82) is 0 Å². The molecule has 0 spiro atoms. The fourth-order valence-corrected chi connectivity index (χ4v) is 10.3. The van der Waals surface area contributed by atoms with Gasteiger partial charge in [0.2, 0.25) is 5.79 Å². The largest absolute Gasteiger partial charge is 0.342 e. The number of ketones is 1. The molecule has 0 N–H and O–H groups in total. The maximum absolute atomic E-state index is 14.0. The molecule has 0 aromatic heterocycles. The van der Waals surface area contributed by atoms with Crippen LogP contribution in [-0.4, -0.2) is 19.0 Å². The van der Waals surface area contributed by atoms with Crippen molar-refractivity contribution in [2.24, 2.45) is 0 Å². The molecule has 0 fully saturated rings. The van der Waals surface area contributed by atoms with E-state index in [1.54, 1.807) is 0 Å². The van der Waals surface area contributed by atoms with E-state index in [2.05, 4.69) is 92.7 Å². The summed E-state index contributed by atoms with van der Waals surface area (Å²) in [7, 11) is 0. The van der Waals surface area contributed by atoms with Gasteiger partial charge in [0.1, 0.15) is 0 Å². The highest BCUT2D eigenvalue weighted by Gasteiger charge is 2.44. The Bertz CT molecular complexity index is 2500. The molecular formula is C54H58O3. The van der Waals surface area contributed by atoms with Crippen molar-refractivity contribution in [1.82, 2.24) is 0 Å². The van der Waals surface area contributed by atoms with Gasteiger partial charge < -0.3 is 9.47 Å². The number of hydrogen-bond donors (Lipinski definition) is 0. The van der Waals surface area contributed by atoms with Gasteiger partial charge in [-0.3, -0.25) is 4.79 Å². The number of carbonyl (C=O) groups is 1. The summed E-state index contributed by atoms with van der Waals surface area (Å²) in [5, 5.41) is 9.57. The molecular weight excluding hydrogens is 697 g/mol. The van der Waals surface area contributed by atoms with Crippen molar-refractivity contribution in [3.63, 3.8) is 0 Å². The Hall–Kier alpha value is -4.57. The Kier molecular flexibility index (Phi) is 11.1.